The topological polar surface area (TPSA) is 66.4 Å². The first kappa shape index (κ1) is 11.1. The van der Waals surface area contributed by atoms with Gasteiger partial charge in [0.25, 0.3) is 0 Å². The van der Waals surface area contributed by atoms with E-state index in [-0.39, 0.29) is 18.2 Å². The lowest BCUT2D eigenvalue weighted by Gasteiger charge is -2.11. The van der Waals surface area contributed by atoms with Gasteiger partial charge in [0.15, 0.2) is 0 Å². The van der Waals surface area contributed by atoms with Gasteiger partial charge in [-0.3, -0.25) is 4.79 Å². The minimum absolute atomic E-state index is 0.0732. The number of carboxylic acids is 1. The number of nitrogens with one attached hydrogen (secondary N) is 1. The van der Waals surface area contributed by atoms with Crippen LogP contribution in [0.3, 0.4) is 0 Å². The summed E-state index contributed by atoms with van der Waals surface area (Å²) in [6, 6.07) is -0.0913. The van der Waals surface area contributed by atoms with E-state index in [1.165, 1.54) is 6.92 Å². The van der Waals surface area contributed by atoms with Crippen molar-refractivity contribution in [1.82, 2.24) is 5.32 Å². The molecule has 2 N–H and O–H groups in total. The Labute approximate surface area is 72.0 Å². The van der Waals surface area contributed by atoms with Crippen molar-refractivity contribution in [3.05, 3.63) is 0 Å². The summed E-state index contributed by atoms with van der Waals surface area (Å²) in [5, 5.41) is 11.3. The molecule has 0 heterocycles. The molecule has 0 saturated heterocycles. The van der Waals surface area contributed by atoms with Gasteiger partial charge >= 0.3 is 5.97 Å². The van der Waals surface area contributed by atoms with Crippen molar-refractivity contribution < 1.29 is 14.7 Å². The molecule has 0 rings (SSSR count). The highest BCUT2D eigenvalue weighted by Gasteiger charge is 2.10. The fourth-order valence-corrected chi connectivity index (χ4v) is 0.937. The number of Topliss-reactive ketones (excluding diaryl/α,β-unsaturated/α-hetero) is 1. The molecule has 0 saturated carbocycles. The molecule has 1 atom stereocenters. The van der Waals surface area contributed by atoms with Crippen molar-refractivity contribution in [1.29, 1.82) is 0 Å². The minimum atomic E-state index is -0.835. The average Bonchev–Trinajstić information content (AvgIpc) is 1.97. The van der Waals surface area contributed by atoms with Gasteiger partial charge in [-0.1, -0.05) is 0 Å². The molecule has 0 unspecified atom stereocenters. The molecule has 0 radical (unpaired) electrons. The highest BCUT2D eigenvalue weighted by Crippen LogP contribution is 2.01. The molecule has 0 aliphatic rings. The van der Waals surface area contributed by atoms with Gasteiger partial charge in [-0.2, -0.15) is 0 Å². The zero-order valence-electron chi connectivity index (χ0n) is 7.46. The maximum absolute atomic E-state index is 10.6. The van der Waals surface area contributed by atoms with Crippen LogP contribution >= 0.6 is 0 Å². The van der Waals surface area contributed by atoms with Gasteiger partial charge in [0.2, 0.25) is 0 Å². The highest BCUT2D eigenvalue weighted by atomic mass is 16.4. The van der Waals surface area contributed by atoms with Crippen LogP contribution < -0.4 is 5.32 Å². The second-order valence-electron chi connectivity index (χ2n) is 2.82. The first-order valence-electron chi connectivity index (χ1n) is 3.94. The van der Waals surface area contributed by atoms with E-state index >= 15 is 0 Å². The fraction of sp³-hybridized carbons (Fsp3) is 0.750. The first-order chi connectivity index (χ1) is 5.56. The van der Waals surface area contributed by atoms with E-state index in [4.69, 9.17) is 5.11 Å². The Kier molecular flexibility index (Phi) is 5.28. The van der Waals surface area contributed by atoms with Gasteiger partial charge in [0, 0.05) is 12.5 Å². The Morgan fingerprint density at radius 1 is 1.50 bits per heavy atom. The summed E-state index contributed by atoms with van der Waals surface area (Å²) in [6.07, 6.45) is 1.11. The minimum Gasteiger partial charge on any atom is -0.481 e. The quantitative estimate of drug-likeness (QED) is 0.610. The SMILES string of the molecule is CN[C@H](CCC(C)=O)CC(=O)O. The molecule has 0 aromatic rings. The third-order valence-electron chi connectivity index (χ3n) is 1.67. The summed E-state index contributed by atoms with van der Waals surface area (Å²) in [5.41, 5.74) is 0. The Balaban J connectivity index is 3.67. The maximum atomic E-state index is 10.6. The molecule has 0 spiro atoms. The van der Waals surface area contributed by atoms with Gasteiger partial charge in [0.05, 0.1) is 6.42 Å². The summed E-state index contributed by atoms with van der Waals surface area (Å²) in [7, 11) is 1.70. The van der Waals surface area contributed by atoms with Crippen LogP contribution in [-0.2, 0) is 9.59 Å². The molecule has 0 aromatic carbocycles. The summed E-state index contributed by atoms with van der Waals surface area (Å²) in [4.78, 5) is 20.9. The van der Waals surface area contributed by atoms with Crippen molar-refractivity contribution in [3.8, 4) is 0 Å². The van der Waals surface area contributed by atoms with Crippen LogP contribution in [0, 0.1) is 0 Å². The normalized spacial score (nSPS) is 12.5. The number of hydrogen-bond donors (Lipinski definition) is 2. The van der Waals surface area contributed by atoms with E-state index in [0.717, 1.165) is 0 Å². The number of carboxylic acid groups (broad SMARTS) is 1. The molecular formula is C8H15NO3. The van der Waals surface area contributed by atoms with E-state index in [1.807, 2.05) is 0 Å². The second-order valence-corrected chi connectivity index (χ2v) is 2.82. The van der Waals surface area contributed by atoms with Crippen LogP contribution in [-0.4, -0.2) is 29.9 Å². The molecule has 4 heteroatoms. The third-order valence-corrected chi connectivity index (χ3v) is 1.67. The fourth-order valence-electron chi connectivity index (χ4n) is 0.937. The van der Waals surface area contributed by atoms with Gasteiger partial charge in [-0.15, -0.1) is 0 Å². The predicted octanol–water partition coefficient (Wildman–Crippen LogP) is 0.418. The Bertz CT molecular complexity index is 168. The molecule has 0 aliphatic carbocycles. The number of aliphatic carboxylic acids is 1. The Morgan fingerprint density at radius 2 is 2.08 bits per heavy atom. The predicted molar refractivity (Wildman–Crippen MR) is 45.0 cm³/mol. The first-order valence-corrected chi connectivity index (χ1v) is 3.94. The van der Waals surface area contributed by atoms with Crippen LogP contribution in [0.15, 0.2) is 0 Å². The summed E-state index contributed by atoms with van der Waals surface area (Å²) >= 11 is 0. The van der Waals surface area contributed by atoms with Crippen molar-refractivity contribution in [2.75, 3.05) is 7.05 Å². The van der Waals surface area contributed by atoms with E-state index in [0.29, 0.717) is 12.8 Å². The van der Waals surface area contributed by atoms with Crippen molar-refractivity contribution in [2.45, 2.75) is 32.2 Å². The lowest BCUT2D eigenvalue weighted by molar-refractivity contribution is -0.137. The van der Waals surface area contributed by atoms with E-state index in [2.05, 4.69) is 5.32 Å². The Hall–Kier alpha value is -0.900. The highest BCUT2D eigenvalue weighted by molar-refractivity contribution is 5.75. The molecule has 12 heavy (non-hydrogen) atoms. The Morgan fingerprint density at radius 3 is 2.42 bits per heavy atom. The summed E-state index contributed by atoms with van der Waals surface area (Å²) < 4.78 is 0. The van der Waals surface area contributed by atoms with Gasteiger partial charge < -0.3 is 15.2 Å². The van der Waals surface area contributed by atoms with Crippen molar-refractivity contribution >= 4 is 11.8 Å². The summed E-state index contributed by atoms with van der Waals surface area (Å²) in [5.74, 6) is -0.737. The van der Waals surface area contributed by atoms with Crippen molar-refractivity contribution in [2.24, 2.45) is 0 Å². The molecule has 0 fully saturated rings. The van der Waals surface area contributed by atoms with E-state index in [9.17, 15) is 9.59 Å². The molecule has 0 aromatic heterocycles. The smallest absolute Gasteiger partial charge is 0.304 e. The molecule has 4 nitrogen and oxygen atoms in total. The zero-order valence-corrected chi connectivity index (χ0v) is 7.46. The monoisotopic (exact) mass is 173 g/mol. The molecular weight excluding hydrogens is 158 g/mol. The maximum Gasteiger partial charge on any atom is 0.304 e. The zero-order chi connectivity index (χ0) is 9.56. The van der Waals surface area contributed by atoms with Crippen LogP contribution in [0.4, 0.5) is 0 Å². The van der Waals surface area contributed by atoms with Crippen molar-refractivity contribution in [3.63, 3.8) is 0 Å². The van der Waals surface area contributed by atoms with Crippen LogP contribution in [0.2, 0.25) is 0 Å². The van der Waals surface area contributed by atoms with Gasteiger partial charge in [-0.25, -0.2) is 0 Å². The van der Waals surface area contributed by atoms with Gasteiger partial charge in [0.1, 0.15) is 5.78 Å². The average molecular weight is 173 g/mol. The number of ketones is 1. The largest absolute Gasteiger partial charge is 0.481 e. The van der Waals surface area contributed by atoms with Crippen LogP contribution in [0.5, 0.6) is 0 Å². The van der Waals surface area contributed by atoms with Crippen LogP contribution in [0.25, 0.3) is 0 Å². The number of carbonyl (C=O) groups excluding carboxylic acids is 1. The van der Waals surface area contributed by atoms with Crippen LogP contribution in [0.1, 0.15) is 26.2 Å². The van der Waals surface area contributed by atoms with Gasteiger partial charge in [-0.05, 0) is 20.4 Å². The molecule has 0 amide bonds. The lowest BCUT2D eigenvalue weighted by atomic mass is 10.1. The van der Waals surface area contributed by atoms with E-state index < -0.39 is 5.97 Å². The molecule has 0 aliphatic heterocycles. The standard InChI is InChI=1S/C8H15NO3/c1-6(10)3-4-7(9-2)5-8(11)12/h7,9H,3-5H2,1-2H3,(H,11,12)/t7-/m1/s1. The summed E-state index contributed by atoms with van der Waals surface area (Å²) in [6.45, 7) is 1.51. The second kappa shape index (κ2) is 5.71. The molecule has 70 valence electrons. The number of rotatable bonds is 6. The lowest BCUT2D eigenvalue weighted by Crippen LogP contribution is -2.28. The molecule has 0 bridgehead atoms. The number of carbonyl (C=O) groups is 2. The third kappa shape index (κ3) is 5.85. The number of hydrogen-bond acceptors (Lipinski definition) is 3. The van der Waals surface area contributed by atoms with E-state index in [1.54, 1.807) is 7.05 Å².